The highest BCUT2D eigenvalue weighted by Gasteiger charge is 2.28. The fourth-order valence-corrected chi connectivity index (χ4v) is 2.88. The molecule has 20 heavy (non-hydrogen) atoms. The Morgan fingerprint density at radius 2 is 2.00 bits per heavy atom. The zero-order chi connectivity index (χ0) is 14.4. The molecule has 1 aliphatic heterocycles. The second-order valence-corrected chi connectivity index (χ2v) is 5.32. The van der Waals surface area contributed by atoms with Gasteiger partial charge in [0, 0.05) is 25.7 Å². The van der Waals surface area contributed by atoms with Crippen molar-refractivity contribution in [2.45, 2.75) is 24.8 Å². The number of aliphatic hydroxyl groups is 1. The molecule has 1 saturated heterocycles. The van der Waals surface area contributed by atoms with E-state index in [1.165, 1.54) is 5.56 Å². The second-order valence-electron chi connectivity index (χ2n) is 5.32. The van der Waals surface area contributed by atoms with Gasteiger partial charge in [-0.2, -0.15) is 0 Å². The van der Waals surface area contributed by atoms with E-state index in [1.54, 1.807) is 0 Å². The molecule has 2 atom stereocenters. The molecule has 2 N–H and O–H groups in total. The topological polar surface area (TPSA) is 35.5 Å². The van der Waals surface area contributed by atoms with E-state index in [2.05, 4.69) is 22.3 Å². The Morgan fingerprint density at radius 3 is 2.65 bits per heavy atom. The number of piperidine rings is 1. The van der Waals surface area contributed by atoms with Crippen molar-refractivity contribution in [2.24, 2.45) is 0 Å². The van der Waals surface area contributed by atoms with Crippen LogP contribution in [0.5, 0.6) is 0 Å². The molecule has 1 fully saturated rings. The van der Waals surface area contributed by atoms with Crippen molar-refractivity contribution in [2.75, 3.05) is 32.8 Å². The van der Waals surface area contributed by atoms with Crippen LogP contribution in [-0.4, -0.2) is 55.3 Å². The summed E-state index contributed by atoms with van der Waals surface area (Å²) >= 11 is 0. The maximum absolute atomic E-state index is 12.3. The Hall–Kier alpha value is -1.04. The van der Waals surface area contributed by atoms with Crippen molar-refractivity contribution in [3.05, 3.63) is 35.9 Å². The first-order valence-electron chi connectivity index (χ1n) is 7.08. The molecule has 0 aromatic heterocycles. The van der Waals surface area contributed by atoms with Gasteiger partial charge in [-0.25, -0.2) is 8.78 Å². The minimum absolute atomic E-state index is 0.0505. The number of benzene rings is 1. The molecule has 0 radical (unpaired) electrons. The van der Waals surface area contributed by atoms with E-state index in [0.717, 1.165) is 19.5 Å². The first kappa shape index (κ1) is 15.4. The lowest BCUT2D eigenvalue weighted by Crippen LogP contribution is -2.50. The quantitative estimate of drug-likeness (QED) is 0.834. The molecule has 1 aromatic carbocycles. The van der Waals surface area contributed by atoms with E-state index < -0.39 is 6.43 Å². The molecule has 3 nitrogen and oxygen atoms in total. The number of nitrogens with one attached hydrogen (secondary N) is 1. The molecule has 5 heteroatoms. The number of hydrogen-bond donors (Lipinski definition) is 2. The molecule has 1 aliphatic rings. The zero-order valence-electron chi connectivity index (χ0n) is 11.5. The van der Waals surface area contributed by atoms with Crippen LogP contribution in [0, 0.1) is 0 Å². The van der Waals surface area contributed by atoms with E-state index in [0.29, 0.717) is 12.5 Å². The second kappa shape index (κ2) is 7.67. The van der Waals surface area contributed by atoms with Crippen LogP contribution in [0.15, 0.2) is 30.3 Å². The zero-order valence-corrected chi connectivity index (χ0v) is 11.5. The third kappa shape index (κ3) is 4.51. The molecule has 2 rings (SSSR count). The molecule has 1 heterocycles. The van der Waals surface area contributed by atoms with Crippen molar-refractivity contribution in [1.29, 1.82) is 0 Å². The number of β-amino-alcohol motifs (C(OH)–C–C–N with tert-alkyl or cyclic N) is 1. The van der Waals surface area contributed by atoms with Crippen LogP contribution in [0.2, 0.25) is 0 Å². The van der Waals surface area contributed by atoms with Crippen LogP contribution in [-0.2, 0) is 0 Å². The van der Waals surface area contributed by atoms with E-state index in [-0.39, 0.29) is 19.2 Å². The highest BCUT2D eigenvalue weighted by atomic mass is 19.3. The van der Waals surface area contributed by atoms with Crippen LogP contribution < -0.4 is 5.32 Å². The maximum Gasteiger partial charge on any atom is 0.250 e. The number of alkyl halides is 2. The number of nitrogens with zero attached hydrogens (tertiary/aromatic N) is 1. The summed E-state index contributed by atoms with van der Waals surface area (Å²) in [7, 11) is 0. The predicted octanol–water partition coefficient (Wildman–Crippen LogP) is 1.69. The lowest BCUT2D eigenvalue weighted by Gasteiger charge is -2.38. The molecule has 112 valence electrons. The minimum atomic E-state index is -2.32. The van der Waals surface area contributed by atoms with Gasteiger partial charge in [-0.1, -0.05) is 30.3 Å². The Labute approximate surface area is 118 Å². The first-order chi connectivity index (χ1) is 9.69. The summed E-state index contributed by atoms with van der Waals surface area (Å²) in [6.07, 6.45) is -1.46. The highest BCUT2D eigenvalue weighted by molar-refractivity contribution is 5.21. The summed E-state index contributed by atoms with van der Waals surface area (Å²) in [6, 6.07) is 10.2. The number of rotatable bonds is 6. The smallest absolute Gasteiger partial charge is 0.250 e. The fourth-order valence-electron chi connectivity index (χ4n) is 2.88. The maximum atomic E-state index is 12.3. The third-order valence-corrected chi connectivity index (χ3v) is 3.77. The van der Waals surface area contributed by atoms with Crippen molar-refractivity contribution in [3.8, 4) is 0 Å². The molecular weight excluding hydrogens is 262 g/mol. The number of likely N-dealkylation sites (tertiary alicyclic amines) is 1. The van der Waals surface area contributed by atoms with E-state index in [9.17, 15) is 8.78 Å². The Balaban J connectivity index is 2.00. The third-order valence-electron chi connectivity index (χ3n) is 3.77. The standard InChI is InChI=1S/C15H22F2N2O/c16-15(17)9-18-14-8-13(10-19(11-14)6-7-20)12-4-2-1-3-5-12/h1-5,13-15,18,20H,6-11H2. The summed E-state index contributed by atoms with van der Waals surface area (Å²) in [5, 5.41) is 12.0. The first-order valence-corrected chi connectivity index (χ1v) is 7.08. The van der Waals surface area contributed by atoms with Crippen LogP contribution in [0.4, 0.5) is 8.78 Å². The molecule has 0 bridgehead atoms. The average Bonchev–Trinajstić information content (AvgIpc) is 2.46. The summed E-state index contributed by atoms with van der Waals surface area (Å²) in [4.78, 5) is 2.14. The van der Waals surface area contributed by atoms with E-state index in [1.807, 2.05) is 18.2 Å². The van der Waals surface area contributed by atoms with Gasteiger partial charge in [0.15, 0.2) is 0 Å². The minimum Gasteiger partial charge on any atom is -0.395 e. The summed E-state index contributed by atoms with van der Waals surface area (Å²) in [5.74, 6) is 0.326. The van der Waals surface area contributed by atoms with Crippen molar-refractivity contribution in [3.63, 3.8) is 0 Å². The largest absolute Gasteiger partial charge is 0.395 e. The molecule has 0 amide bonds. The molecule has 0 saturated carbocycles. The van der Waals surface area contributed by atoms with Crippen molar-refractivity contribution in [1.82, 2.24) is 10.2 Å². The van der Waals surface area contributed by atoms with Gasteiger partial charge in [-0.15, -0.1) is 0 Å². The lowest BCUT2D eigenvalue weighted by atomic mass is 9.88. The summed E-state index contributed by atoms with van der Waals surface area (Å²) < 4.78 is 24.7. The molecule has 0 aliphatic carbocycles. The Kier molecular flexibility index (Phi) is 5.88. The average molecular weight is 284 g/mol. The summed E-state index contributed by atoms with van der Waals surface area (Å²) in [5.41, 5.74) is 1.24. The molecule has 0 spiro atoms. The Morgan fingerprint density at radius 1 is 1.25 bits per heavy atom. The number of halogens is 2. The van der Waals surface area contributed by atoms with Crippen LogP contribution >= 0.6 is 0 Å². The van der Waals surface area contributed by atoms with Crippen LogP contribution in [0.1, 0.15) is 17.9 Å². The fraction of sp³-hybridized carbons (Fsp3) is 0.600. The van der Waals surface area contributed by atoms with Gasteiger partial charge in [0.2, 0.25) is 0 Å². The van der Waals surface area contributed by atoms with E-state index in [4.69, 9.17) is 5.11 Å². The van der Waals surface area contributed by atoms with Gasteiger partial charge in [0.05, 0.1) is 13.2 Å². The molecule has 2 unspecified atom stereocenters. The number of aliphatic hydroxyl groups excluding tert-OH is 1. The lowest BCUT2D eigenvalue weighted by molar-refractivity contribution is 0.111. The van der Waals surface area contributed by atoms with Gasteiger partial charge in [-0.3, -0.25) is 4.90 Å². The monoisotopic (exact) mass is 284 g/mol. The SMILES string of the molecule is OCCN1CC(NCC(F)F)CC(c2ccccc2)C1. The number of hydrogen-bond acceptors (Lipinski definition) is 3. The van der Waals surface area contributed by atoms with Gasteiger partial charge < -0.3 is 10.4 Å². The molecule has 1 aromatic rings. The van der Waals surface area contributed by atoms with Gasteiger partial charge in [0.25, 0.3) is 6.43 Å². The predicted molar refractivity (Wildman–Crippen MR) is 75.1 cm³/mol. The summed E-state index contributed by atoms with van der Waals surface area (Å²) in [6.45, 7) is 2.02. The van der Waals surface area contributed by atoms with Gasteiger partial charge in [0.1, 0.15) is 0 Å². The van der Waals surface area contributed by atoms with Crippen molar-refractivity contribution >= 4 is 0 Å². The highest BCUT2D eigenvalue weighted by Crippen LogP contribution is 2.26. The Bertz CT molecular complexity index is 389. The van der Waals surface area contributed by atoms with Crippen LogP contribution in [0.25, 0.3) is 0 Å². The molecular formula is C15H22F2N2O. The normalized spacial score (nSPS) is 24.2. The van der Waals surface area contributed by atoms with Gasteiger partial charge >= 0.3 is 0 Å². The van der Waals surface area contributed by atoms with Crippen molar-refractivity contribution < 1.29 is 13.9 Å². The van der Waals surface area contributed by atoms with Gasteiger partial charge in [-0.05, 0) is 17.9 Å². The van der Waals surface area contributed by atoms with E-state index >= 15 is 0 Å². The van der Waals surface area contributed by atoms with Crippen LogP contribution in [0.3, 0.4) is 0 Å².